The number of hydrogen-bond donors (Lipinski definition) is 2. The van der Waals surface area contributed by atoms with Gasteiger partial charge in [-0.3, -0.25) is 9.59 Å². The van der Waals surface area contributed by atoms with Crippen LogP contribution in [-0.4, -0.2) is 39.0 Å². The predicted octanol–water partition coefficient (Wildman–Crippen LogP) is 9.25. The minimum atomic E-state index is -0.555. The molecular weight excluding hydrogens is 552 g/mol. The smallest absolute Gasteiger partial charge is 0.312 e. The molecule has 0 radical (unpaired) electrons. The number of aliphatic hydroxyl groups is 1. The Balaban J connectivity index is 0.000000189. The average molecular weight is 615 g/mol. The molecule has 0 saturated heterocycles. The summed E-state index contributed by atoms with van der Waals surface area (Å²) in [6, 6.07) is 7.43. The molecule has 1 aromatic carbocycles. The number of hydrogen-bond acceptors (Lipinski definition) is 6. The molecule has 6 rings (SSSR count). The second kappa shape index (κ2) is 14.1. The minimum absolute atomic E-state index is 0.0376. The third-order valence-electron chi connectivity index (χ3n) is 11.2. The number of esters is 2. The molecule has 5 saturated carbocycles. The van der Waals surface area contributed by atoms with Crippen molar-refractivity contribution in [3.63, 3.8) is 0 Å². The molecule has 6 nitrogen and oxygen atoms in total. The number of rotatable bonds is 8. The second-order valence-corrected chi connectivity index (χ2v) is 16.2. The van der Waals surface area contributed by atoms with Crippen molar-refractivity contribution < 1.29 is 29.3 Å². The Morgan fingerprint density at radius 1 is 0.864 bits per heavy atom. The summed E-state index contributed by atoms with van der Waals surface area (Å²) < 4.78 is 11.6. The Bertz CT molecular complexity index is 1080. The average Bonchev–Trinajstić information content (AvgIpc) is 3.37. The summed E-state index contributed by atoms with van der Waals surface area (Å²) in [4.78, 5) is 24.2. The van der Waals surface area contributed by atoms with Crippen LogP contribution in [0.4, 0.5) is 0 Å². The van der Waals surface area contributed by atoms with E-state index in [4.69, 9.17) is 14.6 Å². The van der Waals surface area contributed by atoms with E-state index in [0.29, 0.717) is 29.9 Å². The lowest BCUT2D eigenvalue weighted by Gasteiger charge is -2.59. The van der Waals surface area contributed by atoms with Crippen LogP contribution in [0.5, 0.6) is 5.75 Å². The molecule has 3 unspecified atom stereocenters. The molecule has 2 N–H and O–H groups in total. The highest BCUT2D eigenvalue weighted by Gasteiger charge is 2.59. The zero-order valence-corrected chi connectivity index (χ0v) is 29.3. The summed E-state index contributed by atoms with van der Waals surface area (Å²) in [5.74, 6) is 1.94. The van der Waals surface area contributed by atoms with E-state index in [2.05, 4.69) is 20.8 Å². The van der Waals surface area contributed by atoms with E-state index in [-0.39, 0.29) is 28.6 Å². The quantitative estimate of drug-likeness (QED) is 0.284. The van der Waals surface area contributed by atoms with Gasteiger partial charge >= 0.3 is 11.9 Å². The molecule has 3 atom stereocenters. The first-order chi connectivity index (χ1) is 20.4. The lowest BCUT2D eigenvalue weighted by Crippen LogP contribution is -2.61. The van der Waals surface area contributed by atoms with E-state index >= 15 is 0 Å². The van der Waals surface area contributed by atoms with Gasteiger partial charge in [-0.15, -0.1) is 0 Å². The highest BCUT2D eigenvalue weighted by atomic mass is 16.6. The van der Waals surface area contributed by atoms with E-state index in [0.717, 1.165) is 57.8 Å². The van der Waals surface area contributed by atoms with Crippen LogP contribution in [0.25, 0.3) is 0 Å². The summed E-state index contributed by atoms with van der Waals surface area (Å²) in [5, 5.41) is 19.7. The number of carbonyl (C=O) groups is 2. The lowest BCUT2D eigenvalue weighted by atomic mass is 9.52. The predicted molar refractivity (Wildman–Crippen MR) is 176 cm³/mol. The Labute approximate surface area is 267 Å². The molecule has 44 heavy (non-hydrogen) atoms. The molecule has 0 aromatic heterocycles. The molecule has 0 amide bonds. The third kappa shape index (κ3) is 9.23. The van der Waals surface area contributed by atoms with Gasteiger partial charge in [0.25, 0.3) is 0 Å². The normalized spacial score (nSPS) is 29.0. The number of aromatic hydroxyl groups is 1. The highest BCUT2D eigenvalue weighted by Crippen LogP contribution is 2.59. The van der Waals surface area contributed by atoms with Crippen LogP contribution in [0.3, 0.4) is 0 Å². The van der Waals surface area contributed by atoms with Gasteiger partial charge < -0.3 is 19.7 Å². The number of phenols is 1. The van der Waals surface area contributed by atoms with Gasteiger partial charge in [-0.25, -0.2) is 0 Å². The van der Waals surface area contributed by atoms with Crippen LogP contribution < -0.4 is 0 Å². The number of ether oxygens (including phenoxy) is 2. The van der Waals surface area contributed by atoms with Crippen LogP contribution in [0.2, 0.25) is 0 Å². The van der Waals surface area contributed by atoms with Crippen molar-refractivity contribution in [1.29, 1.82) is 0 Å². The van der Waals surface area contributed by atoms with Crippen LogP contribution in [-0.2, 0) is 19.1 Å². The highest BCUT2D eigenvalue weighted by molar-refractivity contribution is 5.76. The third-order valence-corrected chi connectivity index (χ3v) is 11.2. The van der Waals surface area contributed by atoms with Crippen molar-refractivity contribution in [3.8, 4) is 5.75 Å². The molecule has 5 aliphatic rings. The summed E-state index contributed by atoms with van der Waals surface area (Å²) in [6.07, 6.45) is 12.9. The molecule has 0 aliphatic heterocycles. The van der Waals surface area contributed by atoms with E-state index in [1.807, 2.05) is 53.7 Å². The second-order valence-electron chi connectivity index (χ2n) is 16.2. The fourth-order valence-corrected chi connectivity index (χ4v) is 7.50. The number of benzene rings is 1. The summed E-state index contributed by atoms with van der Waals surface area (Å²) in [6.45, 7) is 18.3. The molecule has 6 heteroatoms. The van der Waals surface area contributed by atoms with Crippen molar-refractivity contribution in [2.45, 2.75) is 169 Å². The summed E-state index contributed by atoms with van der Waals surface area (Å²) >= 11 is 0. The van der Waals surface area contributed by atoms with Gasteiger partial charge in [-0.1, -0.05) is 39.8 Å². The summed E-state index contributed by atoms with van der Waals surface area (Å²) in [7, 11) is 0. The maximum absolute atomic E-state index is 12.4. The lowest BCUT2D eigenvalue weighted by molar-refractivity contribution is -0.225. The van der Waals surface area contributed by atoms with Crippen molar-refractivity contribution >= 4 is 11.9 Å². The molecule has 1 aromatic rings. The van der Waals surface area contributed by atoms with E-state index in [9.17, 15) is 14.7 Å². The van der Waals surface area contributed by atoms with Gasteiger partial charge in [0, 0.05) is 6.42 Å². The fraction of sp³-hybridized carbons (Fsp3) is 0.789. The van der Waals surface area contributed by atoms with Gasteiger partial charge in [0.15, 0.2) is 0 Å². The monoisotopic (exact) mass is 614 g/mol. The Morgan fingerprint density at radius 2 is 1.34 bits per heavy atom. The van der Waals surface area contributed by atoms with Crippen molar-refractivity contribution in [2.75, 3.05) is 0 Å². The van der Waals surface area contributed by atoms with Crippen molar-refractivity contribution in [2.24, 2.45) is 22.7 Å². The Morgan fingerprint density at radius 3 is 1.77 bits per heavy atom. The van der Waals surface area contributed by atoms with Gasteiger partial charge in [-0.05, 0) is 147 Å². The Hall–Kier alpha value is -2.08. The molecule has 250 valence electrons. The van der Waals surface area contributed by atoms with E-state index in [1.54, 1.807) is 12.1 Å². The maximum Gasteiger partial charge on any atom is 0.312 e. The summed E-state index contributed by atoms with van der Waals surface area (Å²) in [5.41, 5.74) is -0.533. The molecule has 4 bridgehead atoms. The molecule has 0 heterocycles. The SMILES string of the molecule is CCC(C)(C)C(=O)OC1(C)CCCC1.CCC(C)(C)C(=O)OC12CC3CC(CC(O)(C3)C1)C2.CCC(C)c1ccc(O)cc1. The number of phenolic OH excluding ortho intramolecular Hbond substituents is 1. The van der Waals surface area contributed by atoms with Gasteiger partial charge in [0.2, 0.25) is 0 Å². The largest absolute Gasteiger partial charge is 0.508 e. The first-order valence-electron chi connectivity index (χ1n) is 17.4. The van der Waals surface area contributed by atoms with Crippen LogP contribution in [0.1, 0.15) is 157 Å². The van der Waals surface area contributed by atoms with Crippen LogP contribution in [0.15, 0.2) is 24.3 Å². The fourth-order valence-electron chi connectivity index (χ4n) is 7.50. The van der Waals surface area contributed by atoms with Crippen LogP contribution in [0, 0.1) is 22.7 Å². The molecule has 5 aliphatic carbocycles. The van der Waals surface area contributed by atoms with Gasteiger partial charge in [0.1, 0.15) is 17.0 Å². The van der Waals surface area contributed by atoms with Gasteiger partial charge in [-0.2, -0.15) is 0 Å². The standard InChI is InChI=1S/C16H26O3.C12H22O2.C10H14O/c1-4-14(2,3)13(17)19-16-8-11-5-12(9-16)7-15(18,6-11)10-16;1-5-11(2,3)10(13)14-12(4)8-6-7-9-12;1-3-8(2)9-4-6-10(11)7-5-9/h11-12,18H,4-10H2,1-3H3;5-9H2,1-4H3;4-8,11H,3H2,1-2H3. The maximum atomic E-state index is 12.4. The van der Waals surface area contributed by atoms with Gasteiger partial charge in [0.05, 0.1) is 16.4 Å². The van der Waals surface area contributed by atoms with Crippen LogP contribution >= 0.6 is 0 Å². The van der Waals surface area contributed by atoms with Crippen molar-refractivity contribution in [3.05, 3.63) is 29.8 Å². The van der Waals surface area contributed by atoms with E-state index < -0.39 is 11.0 Å². The molecule has 5 fully saturated rings. The van der Waals surface area contributed by atoms with E-state index in [1.165, 1.54) is 24.8 Å². The Kier molecular flexibility index (Phi) is 11.7. The zero-order chi connectivity index (χ0) is 33.0. The molecular formula is C38H62O6. The zero-order valence-electron chi connectivity index (χ0n) is 29.3. The number of carbonyl (C=O) groups excluding carboxylic acids is 2. The van der Waals surface area contributed by atoms with Crippen molar-refractivity contribution in [1.82, 2.24) is 0 Å². The first kappa shape index (κ1) is 36.4. The first-order valence-corrected chi connectivity index (χ1v) is 17.4. The minimum Gasteiger partial charge on any atom is -0.508 e. The topological polar surface area (TPSA) is 93.1 Å². The molecule has 0 spiro atoms.